The molecule has 2 aliphatic rings. The third-order valence-electron chi connectivity index (χ3n) is 4.78. The number of likely N-dealkylation sites (N-methyl/N-ethyl adjacent to an activating group) is 1. The van der Waals surface area contributed by atoms with E-state index in [0.717, 1.165) is 30.8 Å². The number of phenolic OH excluding ortho intramolecular Hbond substituents is 1. The molecule has 4 heteroatoms. The summed E-state index contributed by atoms with van der Waals surface area (Å²) < 4.78 is 11.8. The van der Waals surface area contributed by atoms with E-state index in [1.807, 2.05) is 6.07 Å². The molecule has 3 atom stereocenters. The molecular weight excluding hydrogens is 266 g/mol. The van der Waals surface area contributed by atoms with Crippen LogP contribution in [0.1, 0.15) is 45.2 Å². The average molecular weight is 291 g/mol. The molecule has 1 aromatic rings. The molecule has 0 aliphatic carbocycles. The quantitative estimate of drug-likeness (QED) is 0.909. The fourth-order valence-electron chi connectivity index (χ4n) is 3.65. The Hall–Kier alpha value is -1.26. The summed E-state index contributed by atoms with van der Waals surface area (Å²) in [6.07, 6.45) is 2.27. The molecule has 0 saturated carbocycles. The second-order valence-electron chi connectivity index (χ2n) is 6.90. The zero-order valence-corrected chi connectivity index (χ0v) is 13.3. The fraction of sp³-hybridized carbons (Fsp3) is 0.647. The van der Waals surface area contributed by atoms with Crippen LogP contribution in [0.3, 0.4) is 0 Å². The first kappa shape index (κ1) is 14.7. The Bertz CT molecular complexity index is 529. The monoisotopic (exact) mass is 291 g/mol. The maximum atomic E-state index is 9.72. The molecule has 0 amide bonds. The molecule has 4 nitrogen and oxygen atoms in total. The van der Waals surface area contributed by atoms with Crippen molar-refractivity contribution in [2.75, 3.05) is 13.7 Å². The van der Waals surface area contributed by atoms with E-state index in [1.165, 1.54) is 0 Å². The van der Waals surface area contributed by atoms with Crippen LogP contribution in [-0.4, -0.2) is 41.4 Å². The molecular formula is C17H25NO3. The van der Waals surface area contributed by atoms with E-state index in [1.54, 1.807) is 12.1 Å². The highest BCUT2D eigenvalue weighted by Crippen LogP contribution is 2.44. The summed E-state index contributed by atoms with van der Waals surface area (Å²) in [7, 11) is 2.18. The van der Waals surface area contributed by atoms with E-state index in [4.69, 9.17) is 9.47 Å². The second kappa shape index (κ2) is 5.18. The van der Waals surface area contributed by atoms with E-state index in [9.17, 15) is 5.11 Å². The van der Waals surface area contributed by atoms with Crippen molar-refractivity contribution in [1.29, 1.82) is 0 Å². The minimum Gasteiger partial charge on any atom is -0.508 e. The molecule has 0 spiro atoms. The number of rotatable bonds is 2. The third-order valence-corrected chi connectivity index (χ3v) is 4.78. The van der Waals surface area contributed by atoms with Gasteiger partial charge in [-0.15, -0.1) is 0 Å². The van der Waals surface area contributed by atoms with Gasteiger partial charge in [0.05, 0.1) is 6.10 Å². The van der Waals surface area contributed by atoms with Gasteiger partial charge >= 0.3 is 0 Å². The van der Waals surface area contributed by atoms with Crippen molar-refractivity contribution in [3.63, 3.8) is 0 Å². The normalized spacial score (nSPS) is 31.0. The molecule has 1 saturated heterocycles. The Morgan fingerprint density at radius 3 is 2.76 bits per heavy atom. The maximum absolute atomic E-state index is 9.72. The van der Waals surface area contributed by atoms with Crippen molar-refractivity contribution in [3.05, 3.63) is 23.8 Å². The number of benzene rings is 1. The predicted molar refractivity (Wildman–Crippen MR) is 81.8 cm³/mol. The van der Waals surface area contributed by atoms with Crippen LogP contribution in [0.5, 0.6) is 11.5 Å². The zero-order valence-electron chi connectivity index (χ0n) is 13.3. The number of fused-ring (bicyclic) bond motifs is 1. The number of hydrogen-bond donors (Lipinski definition) is 1. The number of aromatic hydroxyl groups is 1. The summed E-state index contributed by atoms with van der Waals surface area (Å²) in [4.78, 5) is 2.43. The van der Waals surface area contributed by atoms with Gasteiger partial charge in [0.15, 0.2) is 0 Å². The van der Waals surface area contributed by atoms with Gasteiger partial charge in [-0.2, -0.15) is 0 Å². The van der Waals surface area contributed by atoms with Gasteiger partial charge in [-0.25, -0.2) is 0 Å². The first-order valence-electron chi connectivity index (χ1n) is 7.73. The van der Waals surface area contributed by atoms with Crippen molar-refractivity contribution in [1.82, 2.24) is 4.90 Å². The summed E-state index contributed by atoms with van der Waals surface area (Å²) >= 11 is 0. The van der Waals surface area contributed by atoms with Crippen molar-refractivity contribution < 1.29 is 14.6 Å². The Kier molecular flexibility index (Phi) is 3.62. The van der Waals surface area contributed by atoms with Crippen LogP contribution in [0.25, 0.3) is 0 Å². The summed E-state index contributed by atoms with van der Waals surface area (Å²) in [6, 6.07) is 6.19. The van der Waals surface area contributed by atoms with E-state index >= 15 is 0 Å². The minimum atomic E-state index is -0.234. The predicted octanol–water partition coefficient (Wildman–Crippen LogP) is 3.10. The van der Waals surface area contributed by atoms with Crippen molar-refractivity contribution in [2.45, 2.75) is 57.4 Å². The molecule has 0 bridgehead atoms. The highest BCUT2D eigenvalue weighted by molar-refractivity contribution is 5.44. The van der Waals surface area contributed by atoms with Crippen LogP contribution in [0.4, 0.5) is 0 Å². The first-order valence-corrected chi connectivity index (χ1v) is 7.73. The molecule has 3 rings (SSSR count). The van der Waals surface area contributed by atoms with E-state index in [0.29, 0.717) is 12.1 Å². The average Bonchev–Trinajstić information content (AvgIpc) is 2.81. The topological polar surface area (TPSA) is 41.9 Å². The number of nitrogens with zero attached hydrogens (tertiary/aromatic N) is 1. The first-order chi connectivity index (χ1) is 9.87. The van der Waals surface area contributed by atoms with Gasteiger partial charge in [0.2, 0.25) is 0 Å². The van der Waals surface area contributed by atoms with Gasteiger partial charge in [0.1, 0.15) is 17.1 Å². The lowest BCUT2D eigenvalue weighted by molar-refractivity contribution is 0.00934. The molecule has 116 valence electrons. The molecule has 0 aromatic heterocycles. The standard InChI is InChI=1S/C17H25NO3/c1-11-14(7-8-20-11)18(4)15-10-17(2,3)21-16-9-12(19)5-6-13(15)16/h5-6,9,11,14-15,19H,7-8,10H2,1-4H3. The molecule has 21 heavy (non-hydrogen) atoms. The molecule has 3 unspecified atom stereocenters. The second-order valence-corrected chi connectivity index (χ2v) is 6.90. The van der Waals surface area contributed by atoms with Gasteiger partial charge in [-0.3, -0.25) is 4.90 Å². The summed E-state index contributed by atoms with van der Waals surface area (Å²) in [6.45, 7) is 7.20. The summed E-state index contributed by atoms with van der Waals surface area (Å²) in [5.41, 5.74) is 0.927. The Labute approximate surface area is 126 Å². The number of ether oxygens (including phenoxy) is 2. The molecule has 2 heterocycles. The largest absolute Gasteiger partial charge is 0.508 e. The van der Waals surface area contributed by atoms with Crippen LogP contribution < -0.4 is 4.74 Å². The number of hydrogen-bond acceptors (Lipinski definition) is 4. The SMILES string of the molecule is CC1OCCC1N(C)C1CC(C)(C)Oc2cc(O)ccc21. The highest BCUT2D eigenvalue weighted by Gasteiger charge is 2.40. The lowest BCUT2D eigenvalue weighted by atomic mass is 9.87. The lowest BCUT2D eigenvalue weighted by Crippen LogP contribution is -2.45. The molecule has 1 N–H and O–H groups in total. The Balaban J connectivity index is 1.94. The Morgan fingerprint density at radius 2 is 2.10 bits per heavy atom. The third kappa shape index (κ3) is 2.74. The van der Waals surface area contributed by atoms with Gasteiger partial charge in [-0.05, 0) is 40.3 Å². The van der Waals surface area contributed by atoms with Crippen molar-refractivity contribution in [3.8, 4) is 11.5 Å². The van der Waals surface area contributed by atoms with Crippen molar-refractivity contribution in [2.24, 2.45) is 0 Å². The van der Waals surface area contributed by atoms with Crippen molar-refractivity contribution >= 4 is 0 Å². The number of phenols is 1. The zero-order chi connectivity index (χ0) is 15.2. The fourth-order valence-corrected chi connectivity index (χ4v) is 3.65. The van der Waals surface area contributed by atoms with Crippen LogP contribution in [-0.2, 0) is 4.74 Å². The highest BCUT2D eigenvalue weighted by atomic mass is 16.5. The minimum absolute atomic E-state index is 0.234. The van der Waals surface area contributed by atoms with Crippen LogP contribution in [0.2, 0.25) is 0 Å². The molecule has 1 aromatic carbocycles. The maximum Gasteiger partial charge on any atom is 0.128 e. The molecule has 2 aliphatic heterocycles. The summed E-state index contributed by atoms with van der Waals surface area (Å²) in [5.74, 6) is 1.06. The molecule has 1 fully saturated rings. The smallest absolute Gasteiger partial charge is 0.128 e. The van der Waals surface area contributed by atoms with Crippen LogP contribution >= 0.6 is 0 Å². The van der Waals surface area contributed by atoms with E-state index in [2.05, 4.69) is 32.7 Å². The van der Waals surface area contributed by atoms with Gasteiger partial charge < -0.3 is 14.6 Å². The van der Waals surface area contributed by atoms with Crippen LogP contribution in [0, 0.1) is 0 Å². The summed E-state index contributed by atoms with van der Waals surface area (Å²) in [5, 5.41) is 9.72. The van der Waals surface area contributed by atoms with Gasteiger partial charge in [-0.1, -0.05) is 6.07 Å². The van der Waals surface area contributed by atoms with E-state index < -0.39 is 0 Å². The lowest BCUT2D eigenvalue weighted by Gasteiger charge is -2.43. The molecule has 0 radical (unpaired) electrons. The van der Waals surface area contributed by atoms with Crippen LogP contribution in [0.15, 0.2) is 18.2 Å². The van der Waals surface area contributed by atoms with Gasteiger partial charge in [0.25, 0.3) is 0 Å². The van der Waals surface area contributed by atoms with Gasteiger partial charge in [0, 0.05) is 36.7 Å². The Morgan fingerprint density at radius 1 is 1.33 bits per heavy atom. The van der Waals surface area contributed by atoms with E-state index in [-0.39, 0.29) is 17.5 Å².